The van der Waals surface area contributed by atoms with Gasteiger partial charge in [-0.15, -0.1) is 11.6 Å². The molecule has 0 saturated heterocycles. The SMILES string of the molecule is COc1cc(CCNCCl)cc(OC)c1OC. The maximum atomic E-state index is 5.55. The second kappa shape index (κ2) is 7.25. The van der Waals surface area contributed by atoms with Gasteiger partial charge in [-0.05, 0) is 24.1 Å². The Morgan fingerprint density at radius 3 is 2.06 bits per heavy atom. The zero-order chi connectivity index (χ0) is 12.7. The highest BCUT2D eigenvalue weighted by molar-refractivity contribution is 6.17. The largest absolute Gasteiger partial charge is 0.493 e. The second-order valence-corrected chi connectivity index (χ2v) is 3.68. The van der Waals surface area contributed by atoms with E-state index in [9.17, 15) is 0 Å². The third-order valence-electron chi connectivity index (χ3n) is 2.41. The van der Waals surface area contributed by atoms with Crippen LogP contribution < -0.4 is 19.5 Å². The van der Waals surface area contributed by atoms with Crippen LogP contribution in [0.25, 0.3) is 0 Å². The fraction of sp³-hybridized carbons (Fsp3) is 0.500. The van der Waals surface area contributed by atoms with Crippen LogP contribution in [0.5, 0.6) is 17.2 Å². The number of rotatable bonds is 7. The van der Waals surface area contributed by atoms with Crippen molar-refractivity contribution in [2.75, 3.05) is 33.9 Å². The molecule has 0 aliphatic rings. The number of benzene rings is 1. The fourth-order valence-electron chi connectivity index (χ4n) is 1.58. The first-order valence-electron chi connectivity index (χ1n) is 5.32. The molecule has 0 spiro atoms. The Kier molecular flexibility index (Phi) is 5.94. The third-order valence-corrected chi connectivity index (χ3v) is 2.60. The molecule has 1 rings (SSSR count). The van der Waals surface area contributed by atoms with Crippen LogP contribution in [0, 0.1) is 0 Å². The molecule has 1 N–H and O–H groups in total. The molecular weight excluding hydrogens is 242 g/mol. The molecule has 1 aromatic carbocycles. The molecule has 1 aromatic rings. The Hall–Kier alpha value is -1.13. The number of alkyl halides is 1. The monoisotopic (exact) mass is 259 g/mol. The van der Waals surface area contributed by atoms with E-state index < -0.39 is 0 Å². The van der Waals surface area contributed by atoms with Crippen LogP contribution >= 0.6 is 11.6 Å². The molecule has 5 heteroatoms. The first-order chi connectivity index (χ1) is 8.26. The van der Waals surface area contributed by atoms with Gasteiger partial charge in [-0.3, -0.25) is 0 Å². The lowest BCUT2D eigenvalue weighted by atomic mass is 10.1. The van der Waals surface area contributed by atoms with Gasteiger partial charge in [0.15, 0.2) is 11.5 Å². The minimum absolute atomic E-state index is 0.449. The normalized spacial score (nSPS) is 10.1. The Balaban J connectivity index is 2.92. The Labute approximate surface area is 107 Å². The van der Waals surface area contributed by atoms with Crippen LogP contribution in [0.4, 0.5) is 0 Å². The molecule has 0 heterocycles. The molecular formula is C12H18ClNO3. The molecule has 0 aromatic heterocycles. The lowest BCUT2D eigenvalue weighted by Gasteiger charge is -2.14. The number of nitrogens with one attached hydrogen (secondary N) is 1. The highest BCUT2D eigenvalue weighted by atomic mass is 35.5. The number of halogens is 1. The number of methoxy groups -OCH3 is 3. The molecule has 0 amide bonds. The van der Waals surface area contributed by atoms with Gasteiger partial charge in [0.25, 0.3) is 0 Å². The van der Waals surface area contributed by atoms with Crippen LogP contribution in [-0.4, -0.2) is 33.9 Å². The van der Waals surface area contributed by atoms with Crippen molar-refractivity contribution >= 4 is 11.6 Å². The van der Waals surface area contributed by atoms with Crippen molar-refractivity contribution in [3.05, 3.63) is 17.7 Å². The standard InChI is InChI=1S/C12H18ClNO3/c1-15-10-6-9(4-5-14-8-13)7-11(16-2)12(10)17-3/h6-7,14H,4-5,8H2,1-3H3. The molecule has 17 heavy (non-hydrogen) atoms. The summed E-state index contributed by atoms with van der Waals surface area (Å²) in [6, 6.07) is 4.33. The summed E-state index contributed by atoms with van der Waals surface area (Å²) in [5.74, 6) is 1.96. The van der Waals surface area contributed by atoms with Crippen molar-refractivity contribution in [1.82, 2.24) is 5.32 Å². The second-order valence-electron chi connectivity index (χ2n) is 3.42. The summed E-state index contributed by atoms with van der Waals surface area (Å²) in [6.07, 6.45) is 0.851. The first kappa shape index (κ1) is 13.9. The highest BCUT2D eigenvalue weighted by Gasteiger charge is 2.12. The van der Waals surface area contributed by atoms with Gasteiger partial charge in [0, 0.05) is 6.54 Å². The molecule has 0 aliphatic carbocycles. The molecule has 0 unspecified atom stereocenters. The van der Waals surface area contributed by atoms with Crippen molar-refractivity contribution in [3.63, 3.8) is 0 Å². The number of hydrogen-bond donors (Lipinski definition) is 1. The minimum Gasteiger partial charge on any atom is -0.493 e. The molecule has 0 atom stereocenters. The van der Waals surface area contributed by atoms with Crippen molar-refractivity contribution in [3.8, 4) is 17.2 Å². The van der Waals surface area contributed by atoms with Crippen molar-refractivity contribution in [2.45, 2.75) is 6.42 Å². The van der Waals surface area contributed by atoms with Gasteiger partial charge in [-0.2, -0.15) is 0 Å². The van der Waals surface area contributed by atoms with E-state index in [2.05, 4.69) is 5.32 Å². The molecule has 4 nitrogen and oxygen atoms in total. The first-order valence-corrected chi connectivity index (χ1v) is 5.85. The van der Waals surface area contributed by atoms with E-state index in [0.717, 1.165) is 18.5 Å². The van der Waals surface area contributed by atoms with Crippen molar-refractivity contribution < 1.29 is 14.2 Å². The fourth-order valence-corrected chi connectivity index (χ4v) is 1.71. The lowest BCUT2D eigenvalue weighted by Crippen LogP contribution is -2.14. The summed E-state index contributed by atoms with van der Waals surface area (Å²) in [6.45, 7) is 0.808. The van der Waals surface area contributed by atoms with Crippen LogP contribution in [0.3, 0.4) is 0 Å². The quantitative estimate of drug-likeness (QED) is 0.462. The van der Waals surface area contributed by atoms with Gasteiger partial charge >= 0.3 is 0 Å². The Morgan fingerprint density at radius 1 is 1.06 bits per heavy atom. The van der Waals surface area contributed by atoms with E-state index >= 15 is 0 Å². The maximum Gasteiger partial charge on any atom is 0.203 e. The van der Waals surface area contributed by atoms with E-state index in [1.807, 2.05) is 12.1 Å². The van der Waals surface area contributed by atoms with E-state index in [1.54, 1.807) is 21.3 Å². The Bertz CT molecular complexity index is 333. The predicted molar refractivity (Wildman–Crippen MR) is 68.5 cm³/mol. The molecule has 96 valence electrons. The molecule has 0 aliphatic heterocycles. The topological polar surface area (TPSA) is 39.7 Å². The van der Waals surface area contributed by atoms with Gasteiger partial charge in [-0.25, -0.2) is 0 Å². The van der Waals surface area contributed by atoms with E-state index in [0.29, 0.717) is 23.3 Å². The number of ether oxygens (including phenoxy) is 3. The summed E-state index contributed by atoms with van der Waals surface area (Å²) >= 11 is 5.55. The summed E-state index contributed by atoms with van der Waals surface area (Å²) in [5.41, 5.74) is 1.11. The third kappa shape index (κ3) is 3.68. The smallest absolute Gasteiger partial charge is 0.203 e. The number of hydrogen-bond acceptors (Lipinski definition) is 4. The molecule has 0 radical (unpaired) electrons. The van der Waals surface area contributed by atoms with Gasteiger partial charge in [-0.1, -0.05) is 0 Å². The van der Waals surface area contributed by atoms with Gasteiger partial charge in [0.05, 0.1) is 27.3 Å². The average molecular weight is 260 g/mol. The van der Waals surface area contributed by atoms with E-state index in [1.165, 1.54) is 0 Å². The molecule has 0 fully saturated rings. The van der Waals surface area contributed by atoms with Gasteiger partial charge in [0.1, 0.15) is 0 Å². The van der Waals surface area contributed by atoms with Crippen LogP contribution in [0.1, 0.15) is 5.56 Å². The Morgan fingerprint density at radius 2 is 1.65 bits per heavy atom. The van der Waals surface area contributed by atoms with Gasteiger partial charge < -0.3 is 19.5 Å². The minimum atomic E-state index is 0.449. The predicted octanol–water partition coefficient (Wildman–Crippen LogP) is 2.04. The van der Waals surface area contributed by atoms with E-state index in [-0.39, 0.29) is 0 Å². The van der Waals surface area contributed by atoms with Crippen LogP contribution in [-0.2, 0) is 6.42 Å². The zero-order valence-corrected chi connectivity index (χ0v) is 11.1. The summed E-state index contributed by atoms with van der Waals surface area (Å²) in [7, 11) is 4.81. The van der Waals surface area contributed by atoms with E-state index in [4.69, 9.17) is 25.8 Å². The van der Waals surface area contributed by atoms with Crippen LogP contribution in [0.2, 0.25) is 0 Å². The average Bonchev–Trinajstić information content (AvgIpc) is 2.37. The van der Waals surface area contributed by atoms with Crippen LogP contribution in [0.15, 0.2) is 12.1 Å². The molecule has 0 bridgehead atoms. The van der Waals surface area contributed by atoms with Gasteiger partial charge in [0.2, 0.25) is 5.75 Å². The summed E-state index contributed by atoms with van der Waals surface area (Å²) < 4.78 is 15.8. The van der Waals surface area contributed by atoms with Crippen molar-refractivity contribution in [2.24, 2.45) is 0 Å². The highest BCUT2D eigenvalue weighted by Crippen LogP contribution is 2.38. The zero-order valence-electron chi connectivity index (χ0n) is 10.4. The summed E-state index contributed by atoms with van der Waals surface area (Å²) in [4.78, 5) is 0. The molecule has 0 saturated carbocycles. The maximum absolute atomic E-state index is 5.55. The van der Waals surface area contributed by atoms with Crippen molar-refractivity contribution in [1.29, 1.82) is 0 Å². The lowest BCUT2D eigenvalue weighted by molar-refractivity contribution is 0.324. The summed E-state index contributed by atoms with van der Waals surface area (Å²) in [5, 5.41) is 3.05.